The van der Waals surface area contributed by atoms with Gasteiger partial charge in [0.05, 0.1) is 17.7 Å². The quantitative estimate of drug-likeness (QED) is 0.453. The Morgan fingerprint density at radius 2 is 1.54 bits per heavy atom. The molecule has 1 aliphatic heterocycles. The van der Waals surface area contributed by atoms with Crippen LogP contribution in [-0.2, 0) is 27.2 Å². The van der Waals surface area contributed by atoms with Crippen molar-refractivity contribution in [1.29, 1.82) is 0 Å². The van der Waals surface area contributed by atoms with Crippen LogP contribution in [0.2, 0.25) is 0 Å². The number of imide groups is 1. The predicted octanol–water partition coefficient (Wildman–Crippen LogP) is 3.63. The van der Waals surface area contributed by atoms with Crippen molar-refractivity contribution in [2.24, 2.45) is 0 Å². The van der Waals surface area contributed by atoms with E-state index in [0.29, 0.717) is 24.9 Å². The van der Waals surface area contributed by atoms with Crippen LogP contribution in [0.4, 0.5) is 5.69 Å². The molecule has 0 saturated heterocycles. The SMILES string of the molecule is COCCN(C(=O)CN1C(=O)c2ccccc2C1=O)[C@@]1(C(=O)Nc2ccc(C)cc2)CCc2ccccc2C1. The van der Waals surface area contributed by atoms with Crippen LogP contribution in [0.25, 0.3) is 0 Å². The lowest BCUT2D eigenvalue weighted by Crippen LogP contribution is -2.64. The van der Waals surface area contributed by atoms with Crippen molar-refractivity contribution in [2.75, 3.05) is 32.1 Å². The van der Waals surface area contributed by atoms with Gasteiger partial charge in [-0.2, -0.15) is 0 Å². The molecular weight excluding hydrogens is 494 g/mol. The van der Waals surface area contributed by atoms with Gasteiger partial charge < -0.3 is 15.0 Å². The number of anilines is 1. The first kappa shape index (κ1) is 26.3. The van der Waals surface area contributed by atoms with E-state index in [4.69, 9.17) is 4.74 Å². The first-order valence-corrected chi connectivity index (χ1v) is 13.0. The summed E-state index contributed by atoms with van der Waals surface area (Å²) in [6.45, 7) is 1.82. The molecule has 39 heavy (non-hydrogen) atoms. The van der Waals surface area contributed by atoms with Crippen LogP contribution in [0.1, 0.15) is 43.8 Å². The van der Waals surface area contributed by atoms with Gasteiger partial charge in [0.25, 0.3) is 17.7 Å². The van der Waals surface area contributed by atoms with E-state index >= 15 is 0 Å². The molecular formula is C31H31N3O5. The summed E-state index contributed by atoms with van der Waals surface area (Å²) in [5, 5.41) is 3.03. The molecule has 5 rings (SSSR count). The van der Waals surface area contributed by atoms with Crippen LogP contribution >= 0.6 is 0 Å². The zero-order valence-corrected chi connectivity index (χ0v) is 22.1. The van der Waals surface area contributed by atoms with E-state index in [9.17, 15) is 19.2 Å². The van der Waals surface area contributed by atoms with Crippen molar-refractivity contribution in [3.8, 4) is 0 Å². The van der Waals surface area contributed by atoms with Crippen LogP contribution < -0.4 is 5.32 Å². The van der Waals surface area contributed by atoms with Crippen LogP contribution in [0.15, 0.2) is 72.8 Å². The maximum Gasteiger partial charge on any atom is 0.262 e. The fraction of sp³-hybridized carbons (Fsp3) is 0.290. The third-order valence-electron chi connectivity index (χ3n) is 7.65. The van der Waals surface area contributed by atoms with Gasteiger partial charge in [0, 0.05) is 25.8 Å². The summed E-state index contributed by atoms with van der Waals surface area (Å²) < 4.78 is 5.33. The molecule has 1 aliphatic carbocycles. The van der Waals surface area contributed by atoms with Gasteiger partial charge in [-0.3, -0.25) is 24.1 Å². The minimum absolute atomic E-state index is 0.127. The van der Waals surface area contributed by atoms with Gasteiger partial charge >= 0.3 is 0 Å². The van der Waals surface area contributed by atoms with E-state index in [1.165, 1.54) is 12.0 Å². The number of benzene rings is 3. The summed E-state index contributed by atoms with van der Waals surface area (Å²) in [6.07, 6.45) is 1.29. The molecule has 1 heterocycles. The number of nitrogens with one attached hydrogen (secondary N) is 1. The molecule has 0 bridgehead atoms. The van der Waals surface area contributed by atoms with Crippen molar-refractivity contribution in [1.82, 2.24) is 9.80 Å². The monoisotopic (exact) mass is 525 g/mol. The van der Waals surface area contributed by atoms with E-state index in [0.717, 1.165) is 21.6 Å². The van der Waals surface area contributed by atoms with Crippen molar-refractivity contribution in [3.63, 3.8) is 0 Å². The fourth-order valence-electron chi connectivity index (χ4n) is 5.51. The van der Waals surface area contributed by atoms with E-state index in [2.05, 4.69) is 5.32 Å². The van der Waals surface area contributed by atoms with Crippen molar-refractivity contribution < 1.29 is 23.9 Å². The van der Waals surface area contributed by atoms with E-state index < -0.39 is 29.8 Å². The second kappa shape index (κ2) is 10.8. The number of rotatable bonds is 8. The molecule has 8 nitrogen and oxygen atoms in total. The van der Waals surface area contributed by atoms with Crippen LogP contribution in [0, 0.1) is 6.92 Å². The van der Waals surface area contributed by atoms with Crippen molar-refractivity contribution in [3.05, 3.63) is 101 Å². The first-order chi connectivity index (χ1) is 18.8. The Kier molecular flexibility index (Phi) is 7.30. The van der Waals surface area contributed by atoms with Crippen LogP contribution in [0.5, 0.6) is 0 Å². The molecule has 0 saturated carbocycles. The predicted molar refractivity (Wildman–Crippen MR) is 146 cm³/mol. The third-order valence-corrected chi connectivity index (χ3v) is 7.65. The van der Waals surface area contributed by atoms with Gasteiger partial charge in [-0.05, 0) is 55.2 Å². The average Bonchev–Trinajstić information content (AvgIpc) is 3.19. The second-order valence-corrected chi connectivity index (χ2v) is 10.1. The molecule has 0 aromatic heterocycles. The number of hydrogen-bond acceptors (Lipinski definition) is 5. The standard InChI is InChI=1S/C31H31N3O5/c1-21-11-13-24(14-12-21)32-30(38)31(16-15-22-7-3-4-8-23(22)19-31)34(17-18-39-2)27(35)20-33-28(36)25-9-5-6-10-26(25)29(33)37/h3-14H,15-20H2,1-2H3,(H,32,38)/t31-/m0/s1. The lowest BCUT2D eigenvalue weighted by atomic mass is 9.75. The molecule has 4 amide bonds. The summed E-state index contributed by atoms with van der Waals surface area (Å²) in [4.78, 5) is 56.7. The maximum atomic E-state index is 14.1. The molecule has 2 aliphatic rings. The number of nitrogens with zero attached hydrogens (tertiary/aromatic N) is 2. The minimum Gasteiger partial charge on any atom is -0.383 e. The smallest absolute Gasteiger partial charge is 0.262 e. The average molecular weight is 526 g/mol. The number of ether oxygens (including phenoxy) is 1. The molecule has 1 N–H and O–H groups in total. The van der Waals surface area contributed by atoms with Gasteiger partial charge in [-0.25, -0.2) is 0 Å². The summed E-state index contributed by atoms with van der Waals surface area (Å²) >= 11 is 0. The highest BCUT2D eigenvalue weighted by Gasteiger charge is 2.49. The Morgan fingerprint density at radius 1 is 0.923 bits per heavy atom. The third kappa shape index (κ3) is 4.95. The van der Waals surface area contributed by atoms with Crippen molar-refractivity contribution >= 4 is 29.3 Å². The molecule has 0 spiro atoms. The number of methoxy groups -OCH3 is 1. The topological polar surface area (TPSA) is 96.0 Å². The Bertz CT molecular complexity index is 1400. The van der Waals surface area contributed by atoms with Gasteiger partial charge in [-0.15, -0.1) is 0 Å². The Hall–Kier alpha value is -4.30. The maximum absolute atomic E-state index is 14.1. The number of aryl methyl sites for hydroxylation is 2. The molecule has 0 unspecified atom stereocenters. The fourth-order valence-corrected chi connectivity index (χ4v) is 5.51. The molecule has 3 aromatic carbocycles. The second-order valence-electron chi connectivity index (χ2n) is 10.1. The molecule has 1 atom stereocenters. The number of carbonyl (C=O) groups is 4. The van der Waals surface area contributed by atoms with E-state index in [1.807, 2.05) is 55.5 Å². The van der Waals surface area contributed by atoms with Crippen LogP contribution in [-0.4, -0.2) is 65.8 Å². The van der Waals surface area contributed by atoms with Gasteiger partial charge in [0.1, 0.15) is 12.1 Å². The molecule has 3 aromatic rings. The number of hydrogen-bond donors (Lipinski definition) is 1. The Morgan fingerprint density at radius 3 is 2.18 bits per heavy atom. The van der Waals surface area contributed by atoms with Gasteiger partial charge in [0.2, 0.25) is 5.91 Å². The van der Waals surface area contributed by atoms with Crippen molar-refractivity contribution in [2.45, 2.75) is 31.7 Å². The van der Waals surface area contributed by atoms with E-state index in [1.54, 1.807) is 24.3 Å². The summed E-state index contributed by atoms with van der Waals surface area (Å²) in [5.41, 5.74) is 3.12. The molecule has 0 fully saturated rings. The zero-order chi connectivity index (χ0) is 27.6. The Labute approximate surface area is 227 Å². The molecule has 0 radical (unpaired) electrons. The highest BCUT2D eigenvalue weighted by atomic mass is 16.5. The highest BCUT2D eigenvalue weighted by molar-refractivity contribution is 6.22. The normalized spacial score (nSPS) is 17.9. The van der Waals surface area contributed by atoms with Gasteiger partial charge in [0.15, 0.2) is 0 Å². The lowest BCUT2D eigenvalue weighted by Gasteiger charge is -2.45. The number of amides is 4. The summed E-state index contributed by atoms with van der Waals surface area (Å²) in [5.74, 6) is -1.82. The zero-order valence-electron chi connectivity index (χ0n) is 22.1. The first-order valence-electron chi connectivity index (χ1n) is 13.0. The summed E-state index contributed by atoms with van der Waals surface area (Å²) in [6, 6.07) is 21.9. The Balaban J connectivity index is 1.50. The molecule has 200 valence electrons. The largest absolute Gasteiger partial charge is 0.383 e. The van der Waals surface area contributed by atoms with Gasteiger partial charge in [-0.1, -0.05) is 54.1 Å². The summed E-state index contributed by atoms with van der Waals surface area (Å²) in [7, 11) is 1.53. The molecule has 8 heteroatoms. The van der Waals surface area contributed by atoms with Crippen LogP contribution in [0.3, 0.4) is 0 Å². The lowest BCUT2D eigenvalue weighted by molar-refractivity contribution is -0.147. The van der Waals surface area contributed by atoms with E-state index in [-0.39, 0.29) is 30.2 Å². The highest BCUT2D eigenvalue weighted by Crippen LogP contribution is 2.35. The number of fused-ring (bicyclic) bond motifs is 2. The minimum atomic E-state index is -1.24. The number of carbonyl (C=O) groups excluding carboxylic acids is 4.